The van der Waals surface area contributed by atoms with Gasteiger partial charge in [0.25, 0.3) is 0 Å². The van der Waals surface area contributed by atoms with E-state index in [4.69, 9.17) is 22.1 Å². The van der Waals surface area contributed by atoms with E-state index in [-0.39, 0.29) is 0 Å². The number of nitrogens with zero attached hydrogens (tertiary/aromatic N) is 31. The molecule has 0 fully saturated rings. The van der Waals surface area contributed by atoms with Crippen LogP contribution in [0.5, 0.6) is 0 Å². The number of rotatable bonds is 0. The molecule has 0 saturated heterocycles. The van der Waals surface area contributed by atoms with Crippen molar-refractivity contribution < 1.29 is 22.1 Å². The maximum absolute atomic E-state index is 5.53. The number of pyridine rings is 9. The number of hydrogen-bond donors (Lipinski definition) is 0. The molecule has 29 heterocycles. The average Bonchev–Trinajstić information content (AvgIpc) is 1.58. The summed E-state index contributed by atoms with van der Waals surface area (Å²) in [7, 11) is 0. The number of fused-ring (bicyclic) bond motifs is 33. The fourth-order valence-corrected chi connectivity index (χ4v) is 19.6. The number of hydrogen-bond acceptors (Lipinski definition) is 40. The topological polar surface area (TPSA) is 465 Å². The van der Waals surface area contributed by atoms with E-state index >= 15 is 0 Å². The summed E-state index contributed by atoms with van der Waals surface area (Å²) in [5.41, 5.74) is 18.8. The standard InChI is InChI=1S/2C11H7N3.C10H6N2O.C10H6N2S.4C9H5N3O.3C9H5N3S/c1-2-4-9-8(3-1)5-13-10-6-12-7-14-11(9)10;1-2-4-9-8(3-1)5-13-11-10(9)6-12-7-14-11;2*1-2-4-8-7(3-1)10-9(13-8)5-11-6-12-10;1-2-10-3-6-7(1)13-8-4-11-5-12-9(6)8;1-2-10-3-7-6(1)9-8(13-7)4-11-5-12-9;1-2-6-8(11-3-1)9-7(13-6)4-10-5-12-9;1-2-6-8-7(4-10-5-12-8)13-9(6)11-3-1;1-2-10-3-6-7(1)13-8-4-11-5-12-9(6)8;1-2-10-3-7-6(1)9-8(13-7)4-11-5-12-9;1-2-6-8-7(4-10-5-12-8)13-9(6)11-3-1/h2*1-7H;2*1-6H;7*1-5H. The Kier molecular flexibility index (Phi) is 25.4. The van der Waals surface area contributed by atoms with E-state index in [1.54, 1.807) is 176 Å². The summed E-state index contributed by atoms with van der Waals surface area (Å²) in [6.45, 7) is 0. The van der Waals surface area contributed by atoms with Crippen molar-refractivity contribution in [2.75, 3.05) is 0 Å². The Bertz CT molecular complexity index is 8250. The quantitative estimate of drug-likeness (QED) is 0.127. The maximum Gasteiger partial charge on any atom is 0.229 e. The molecule has 0 aliphatic rings. The molecular weight excluding hydrogens is 1900 g/mol. The molecule has 29 aromatic heterocycles. The molecule has 0 spiro atoms. The van der Waals surface area contributed by atoms with Gasteiger partial charge in [-0.1, -0.05) is 78.9 Å². The molecule has 0 bridgehead atoms. The van der Waals surface area contributed by atoms with Crippen LogP contribution in [0.1, 0.15) is 0 Å². The van der Waals surface area contributed by atoms with Crippen LogP contribution in [0.15, 0.2) is 398 Å². The van der Waals surface area contributed by atoms with Gasteiger partial charge in [-0.05, 0) is 84.2 Å². The van der Waals surface area contributed by atoms with E-state index < -0.39 is 0 Å². The molecule has 0 radical (unpaired) electrons. The first-order chi connectivity index (χ1) is 71.9. The van der Waals surface area contributed by atoms with Crippen molar-refractivity contribution in [1.82, 2.24) is 155 Å². The lowest BCUT2D eigenvalue weighted by atomic mass is 10.1. The number of aromatic nitrogens is 31. The number of para-hydroxylation sites is 1. The van der Waals surface area contributed by atoms with Crippen molar-refractivity contribution in [2.24, 2.45) is 0 Å². The van der Waals surface area contributed by atoms with Crippen LogP contribution in [-0.4, -0.2) is 155 Å². The van der Waals surface area contributed by atoms with Crippen molar-refractivity contribution in [1.29, 1.82) is 0 Å². The highest BCUT2D eigenvalue weighted by Gasteiger charge is 2.15. The minimum Gasteiger partial charge on any atom is -0.453 e. The molecule has 0 amide bonds. The Morgan fingerprint density at radius 1 is 0.159 bits per heavy atom. The van der Waals surface area contributed by atoms with Crippen LogP contribution >= 0.6 is 45.3 Å². The average molecular weight is 1970 g/mol. The minimum atomic E-state index is 0.609. The third-order valence-electron chi connectivity index (χ3n) is 22.1. The lowest BCUT2D eigenvalue weighted by Crippen LogP contribution is -1.86. The fraction of sp³-hybridized carbons (Fsp3) is 0. The molecule has 4 aromatic carbocycles. The zero-order chi connectivity index (χ0) is 96.8. The Morgan fingerprint density at radius 3 is 1.23 bits per heavy atom. The van der Waals surface area contributed by atoms with E-state index in [9.17, 15) is 0 Å². The van der Waals surface area contributed by atoms with Crippen LogP contribution in [0.3, 0.4) is 0 Å². The van der Waals surface area contributed by atoms with Crippen molar-refractivity contribution >= 4 is 281 Å². The maximum atomic E-state index is 5.53. The van der Waals surface area contributed by atoms with Crippen LogP contribution in [-0.2, 0) is 0 Å². The third-order valence-corrected chi connectivity index (χ3v) is 26.4. The second-order valence-electron chi connectivity index (χ2n) is 30.8. The molecule has 0 aliphatic heterocycles. The van der Waals surface area contributed by atoms with Gasteiger partial charge >= 0.3 is 0 Å². The second kappa shape index (κ2) is 41.4. The summed E-state index contributed by atoms with van der Waals surface area (Å²) in [4.78, 5) is 128. The molecule has 0 saturated carbocycles. The van der Waals surface area contributed by atoms with Gasteiger partial charge in [-0.15, -0.1) is 45.3 Å². The second-order valence-corrected chi connectivity index (χ2v) is 35.1. The molecule has 33 rings (SSSR count). The summed E-state index contributed by atoms with van der Waals surface area (Å²) in [6.07, 6.45) is 59.2. The Labute approximate surface area is 827 Å². The molecular formula is C105H61N31O5S4. The van der Waals surface area contributed by atoms with E-state index in [0.29, 0.717) is 28.0 Å². The van der Waals surface area contributed by atoms with Gasteiger partial charge in [-0.25, -0.2) is 125 Å². The molecule has 0 N–H and O–H groups in total. The third kappa shape index (κ3) is 19.0. The van der Waals surface area contributed by atoms with Gasteiger partial charge in [0.05, 0.1) is 105 Å². The van der Waals surface area contributed by atoms with E-state index in [1.165, 1.54) is 52.7 Å². The lowest BCUT2D eigenvalue weighted by Gasteiger charge is -1.99. The van der Waals surface area contributed by atoms with Crippen LogP contribution in [0.2, 0.25) is 0 Å². The number of thiophene rings is 4. The summed E-state index contributed by atoms with van der Waals surface area (Å²) in [6, 6.07) is 51.5. The Hall–Kier alpha value is -20.0. The SMILES string of the molecule is c1cc2c(cn1)oc1cncnc12.c1cc2c(cn1)sc1cncnc12.c1cc2oc3cncnc3c2cn1.c1cc2sc3cncnc3c2cn1.c1ccc2c(c1)cnc1cncnc12.c1ccc2c(c1)cnc1ncncc12.c1ccc2c(c1)oc1cncnc12.c1ccc2c(c1)sc1cncnc12.c1cnc2c(c1)oc1cncnc12.c1cnc2oc3cncnc3c2c1.c1cnc2sc3cncnc3c2c1. The summed E-state index contributed by atoms with van der Waals surface area (Å²) < 4.78 is 35.5. The fourth-order valence-electron chi connectivity index (χ4n) is 15.6. The van der Waals surface area contributed by atoms with E-state index in [2.05, 4.69) is 173 Å². The molecule has 33 aromatic rings. The van der Waals surface area contributed by atoms with Crippen LogP contribution < -0.4 is 0 Å². The summed E-state index contributed by atoms with van der Waals surface area (Å²) >= 11 is 6.73. The smallest absolute Gasteiger partial charge is 0.229 e. The Balaban J connectivity index is 0.0000000882. The minimum absolute atomic E-state index is 0.609. The summed E-state index contributed by atoms with van der Waals surface area (Å²) in [5, 5.41) is 14.0. The van der Waals surface area contributed by atoms with Gasteiger partial charge in [-0.3, -0.25) is 29.9 Å². The first-order valence-corrected chi connectivity index (χ1v) is 47.2. The largest absolute Gasteiger partial charge is 0.453 e. The summed E-state index contributed by atoms with van der Waals surface area (Å²) in [5.74, 6) is 0. The monoisotopic (exact) mass is 1960 g/mol. The van der Waals surface area contributed by atoms with Gasteiger partial charge in [0, 0.05) is 169 Å². The molecule has 40 heteroatoms. The molecule has 690 valence electrons. The van der Waals surface area contributed by atoms with Crippen LogP contribution in [0.25, 0.3) is 236 Å². The van der Waals surface area contributed by atoms with E-state index in [0.717, 1.165) is 193 Å². The van der Waals surface area contributed by atoms with Gasteiger partial charge < -0.3 is 22.1 Å². The van der Waals surface area contributed by atoms with E-state index in [1.807, 2.05) is 189 Å². The first-order valence-electron chi connectivity index (χ1n) is 44.0. The molecule has 0 atom stereocenters. The number of furan rings is 5. The molecule has 0 aliphatic carbocycles. The van der Waals surface area contributed by atoms with Crippen molar-refractivity contribution in [3.8, 4) is 0 Å². The predicted molar refractivity (Wildman–Crippen MR) is 560 cm³/mol. The van der Waals surface area contributed by atoms with Gasteiger partial charge in [0.1, 0.15) is 124 Å². The molecule has 145 heavy (non-hydrogen) atoms. The van der Waals surface area contributed by atoms with Gasteiger partial charge in [-0.2, -0.15) is 0 Å². The highest BCUT2D eigenvalue weighted by molar-refractivity contribution is 7.26. The molecule has 0 unspecified atom stereocenters. The van der Waals surface area contributed by atoms with Gasteiger partial charge in [0.15, 0.2) is 44.7 Å². The van der Waals surface area contributed by atoms with Crippen molar-refractivity contribution in [3.63, 3.8) is 0 Å². The normalized spacial score (nSPS) is 11.0. The number of benzene rings is 4. The van der Waals surface area contributed by atoms with Crippen molar-refractivity contribution in [3.05, 3.63) is 376 Å². The van der Waals surface area contributed by atoms with Crippen LogP contribution in [0.4, 0.5) is 0 Å². The zero-order valence-corrected chi connectivity index (χ0v) is 78.0. The predicted octanol–water partition coefficient (Wildman–Crippen LogP) is 23.4. The molecule has 36 nitrogen and oxygen atoms in total. The lowest BCUT2D eigenvalue weighted by molar-refractivity contribution is 0.651. The highest BCUT2D eigenvalue weighted by Crippen LogP contribution is 2.37. The highest BCUT2D eigenvalue weighted by atomic mass is 32.1. The van der Waals surface area contributed by atoms with Crippen LogP contribution in [0, 0.1) is 0 Å². The Morgan fingerprint density at radius 2 is 0.538 bits per heavy atom. The first kappa shape index (κ1) is 89.0. The van der Waals surface area contributed by atoms with Crippen molar-refractivity contribution in [2.45, 2.75) is 0 Å². The zero-order valence-electron chi connectivity index (χ0n) is 74.8. The van der Waals surface area contributed by atoms with Gasteiger partial charge in [0.2, 0.25) is 5.71 Å².